The predicted molar refractivity (Wildman–Crippen MR) is 136 cm³/mol. The number of aldehydes is 1. The molecule has 11 heteroatoms. The number of nitrogens with one attached hydrogen (secondary N) is 2. The van der Waals surface area contributed by atoms with Gasteiger partial charge < -0.3 is 15.0 Å². The molecule has 1 saturated heterocycles. The Bertz CT molecular complexity index is 1280. The fourth-order valence-corrected chi connectivity index (χ4v) is 4.26. The number of fused-ring (bicyclic) bond motifs is 1. The third-order valence-corrected chi connectivity index (χ3v) is 6.15. The Kier molecular flexibility index (Phi) is 8.29. The van der Waals surface area contributed by atoms with Gasteiger partial charge in [0, 0.05) is 50.4 Å². The summed E-state index contributed by atoms with van der Waals surface area (Å²) in [6.45, 7) is 2.16. The lowest BCUT2D eigenvalue weighted by atomic mass is 10.0. The standard InChI is InChI=1S/C26H27N7O4/c1-2-3-4-7-28-21-12-23(29-14-20(21)13-27)31-26(36)33-8-5-6-18-11-19(22(16-34)30-25(18)33)15-32-9-10-37-17-24(32)35/h1,11-12,14,16H,3-10,15,17H2,(H2,28,29,31,36). The number of amides is 3. The molecule has 4 heterocycles. The smallest absolute Gasteiger partial charge is 0.328 e. The first-order valence-corrected chi connectivity index (χ1v) is 12.0. The molecule has 2 aliphatic heterocycles. The topological polar surface area (TPSA) is 141 Å². The molecule has 37 heavy (non-hydrogen) atoms. The van der Waals surface area contributed by atoms with Crippen LogP contribution in [0.25, 0.3) is 0 Å². The van der Waals surface area contributed by atoms with E-state index in [4.69, 9.17) is 11.2 Å². The summed E-state index contributed by atoms with van der Waals surface area (Å²) < 4.78 is 5.18. The third kappa shape index (κ3) is 6.02. The molecule has 0 aliphatic carbocycles. The lowest BCUT2D eigenvalue weighted by Gasteiger charge is -2.30. The molecule has 0 spiro atoms. The summed E-state index contributed by atoms with van der Waals surface area (Å²) in [6, 6.07) is 5.09. The van der Waals surface area contributed by atoms with E-state index in [1.807, 2.05) is 6.07 Å². The van der Waals surface area contributed by atoms with Crippen molar-refractivity contribution in [1.82, 2.24) is 14.9 Å². The Morgan fingerprint density at radius 1 is 1.32 bits per heavy atom. The maximum Gasteiger partial charge on any atom is 0.328 e. The van der Waals surface area contributed by atoms with Crippen LogP contribution >= 0.6 is 0 Å². The second-order valence-electron chi connectivity index (χ2n) is 8.65. The quantitative estimate of drug-likeness (QED) is 0.319. The van der Waals surface area contributed by atoms with Gasteiger partial charge in [0.05, 0.1) is 17.9 Å². The molecule has 0 saturated carbocycles. The van der Waals surface area contributed by atoms with Crippen LogP contribution in [0.3, 0.4) is 0 Å². The molecule has 0 bridgehead atoms. The first kappa shape index (κ1) is 25.6. The van der Waals surface area contributed by atoms with E-state index >= 15 is 0 Å². The van der Waals surface area contributed by atoms with E-state index in [-0.39, 0.29) is 30.6 Å². The van der Waals surface area contributed by atoms with Crippen molar-refractivity contribution < 1.29 is 19.1 Å². The zero-order valence-electron chi connectivity index (χ0n) is 20.3. The molecule has 0 atom stereocenters. The summed E-state index contributed by atoms with van der Waals surface area (Å²) in [5.74, 6) is 3.11. The highest BCUT2D eigenvalue weighted by Gasteiger charge is 2.27. The van der Waals surface area contributed by atoms with Crippen LogP contribution in [0, 0.1) is 23.7 Å². The van der Waals surface area contributed by atoms with E-state index in [1.165, 1.54) is 11.1 Å². The zero-order chi connectivity index (χ0) is 26.2. The average Bonchev–Trinajstić information content (AvgIpc) is 2.91. The lowest BCUT2D eigenvalue weighted by molar-refractivity contribution is -0.143. The average molecular weight is 502 g/mol. The van der Waals surface area contributed by atoms with Gasteiger partial charge in [-0.25, -0.2) is 14.8 Å². The van der Waals surface area contributed by atoms with Gasteiger partial charge in [-0.15, -0.1) is 12.3 Å². The molecule has 4 rings (SSSR count). The summed E-state index contributed by atoms with van der Waals surface area (Å²) in [5, 5.41) is 15.3. The van der Waals surface area contributed by atoms with Gasteiger partial charge >= 0.3 is 6.03 Å². The fraction of sp³-hybridized carbons (Fsp3) is 0.385. The highest BCUT2D eigenvalue weighted by atomic mass is 16.5. The zero-order valence-corrected chi connectivity index (χ0v) is 20.3. The number of anilines is 3. The summed E-state index contributed by atoms with van der Waals surface area (Å²) >= 11 is 0. The second-order valence-corrected chi connectivity index (χ2v) is 8.65. The number of rotatable bonds is 8. The summed E-state index contributed by atoms with van der Waals surface area (Å²) in [6.07, 6.45) is 10.1. The van der Waals surface area contributed by atoms with Crippen LogP contribution in [-0.4, -0.2) is 65.9 Å². The van der Waals surface area contributed by atoms with Crippen molar-refractivity contribution in [3.63, 3.8) is 0 Å². The number of morpholine rings is 1. The van der Waals surface area contributed by atoms with Crippen molar-refractivity contribution in [2.45, 2.75) is 32.2 Å². The second kappa shape index (κ2) is 12.0. The van der Waals surface area contributed by atoms with Crippen LogP contribution < -0.4 is 15.5 Å². The van der Waals surface area contributed by atoms with Crippen molar-refractivity contribution in [3.05, 3.63) is 40.7 Å². The van der Waals surface area contributed by atoms with E-state index in [9.17, 15) is 19.6 Å². The van der Waals surface area contributed by atoms with E-state index in [0.29, 0.717) is 74.4 Å². The van der Waals surface area contributed by atoms with Crippen LogP contribution in [0.2, 0.25) is 0 Å². The number of ether oxygens (including phenoxy) is 1. The van der Waals surface area contributed by atoms with Crippen LogP contribution in [-0.2, 0) is 22.5 Å². The Labute approximate surface area is 214 Å². The maximum atomic E-state index is 13.2. The van der Waals surface area contributed by atoms with E-state index in [0.717, 1.165) is 12.0 Å². The molecule has 2 aromatic rings. The van der Waals surface area contributed by atoms with Crippen molar-refractivity contribution in [1.29, 1.82) is 5.26 Å². The molecule has 0 unspecified atom stereocenters. The lowest BCUT2D eigenvalue weighted by Crippen LogP contribution is -2.42. The van der Waals surface area contributed by atoms with E-state index in [1.54, 1.807) is 11.0 Å². The van der Waals surface area contributed by atoms with Crippen LogP contribution in [0.5, 0.6) is 0 Å². The van der Waals surface area contributed by atoms with Gasteiger partial charge in [0.2, 0.25) is 5.91 Å². The largest absolute Gasteiger partial charge is 0.384 e. The molecule has 2 aromatic heterocycles. The molecule has 2 N–H and O–H groups in total. The summed E-state index contributed by atoms with van der Waals surface area (Å²) in [7, 11) is 0. The van der Waals surface area contributed by atoms with Crippen LogP contribution in [0.15, 0.2) is 18.3 Å². The number of hydrogen-bond acceptors (Lipinski definition) is 8. The van der Waals surface area contributed by atoms with Gasteiger partial charge in [0.25, 0.3) is 0 Å². The van der Waals surface area contributed by atoms with Gasteiger partial charge in [0.1, 0.15) is 30.0 Å². The summed E-state index contributed by atoms with van der Waals surface area (Å²) in [4.78, 5) is 49.0. The Balaban J connectivity index is 1.52. The van der Waals surface area contributed by atoms with Crippen molar-refractivity contribution >= 4 is 35.5 Å². The van der Waals surface area contributed by atoms with E-state index < -0.39 is 6.03 Å². The van der Waals surface area contributed by atoms with Gasteiger partial charge in [-0.2, -0.15) is 5.26 Å². The summed E-state index contributed by atoms with van der Waals surface area (Å²) in [5.41, 5.74) is 2.55. The molecule has 3 amide bonds. The number of aromatic nitrogens is 2. The molecular formula is C26H27N7O4. The fourth-order valence-electron chi connectivity index (χ4n) is 4.26. The molecule has 11 nitrogen and oxygen atoms in total. The number of carbonyl (C=O) groups excluding carboxylic acids is 3. The Hall–Kier alpha value is -4.48. The molecule has 0 radical (unpaired) electrons. The minimum atomic E-state index is -0.447. The van der Waals surface area contributed by atoms with Gasteiger partial charge in [-0.3, -0.25) is 19.8 Å². The number of pyridine rings is 2. The van der Waals surface area contributed by atoms with E-state index in [2.05, 4.69) is 32.6 Å². The van der Waals surface area contributed by atoms with Gasteiger partial charge in [-0.1, -0.05) is 0 Å². The number of terminal acetylenes is 1. The van der Waals surface area contributed by atoms with Crippen LogP contribution in [0.4, 0.5) is 22.1 Å². The highest BCUT2D eigenvalue weighted by Crippen LogP contribution is 2.29. The number of unbranched alkanes of at least 4 members (excludes halogenated alkanes) is 1. The van der Waals surface area contributed by atoms with Crippen molar-refractivity contribution in [2.75, 3.05) is 48.4 Å². The molecule has 190 valence electrons. The maximum absolute atomic E-state index is 13.2. The number of nitrogens with zero attached hydrogens (tertiary/aromatic N) is 5. The van der Waals surface area contributed by atoms with Gasteiger partial charge in [-0.05, 0) is 30.9 Å². The first-order valence-electron chi connectivity index (χ1n) is 12.0. The minimum Gasteiger partial charge on any atom is -0.384 e. The normalized spacial score (nSPS) is 14.8. The van der Waals surface area contributed by atoms with Crippen molar-refractivity contribution in [3.8, 4) is 18.4 Å². The third-order valence-electron chi connectivity index (χ3n) is 6.15. The highest BCUT2D eigenvalue weighted by molar-refractivity contribution is 6.01. The Morgan fingerprint density at radius 2 is 2.19 bits per heavy atom. The Morgan fingerprint density at radius 3 is 2.95 bits per heavy atom. The molecular weight excluding hydrogens is 474 g/mol. The van der Waals surface area contributed by atoms with Crippen molar-refractivity contribution in [2.24, 2.45) is 0 Å². The molecule has 0 aromatic carbocycles. The van der Waals surface area contributed by atoms with Gasteiger partial charge in [0.15, 0.2) is 6.29 Å². The SMILES string of the molecule is C#CCCCNc1cc(NC(=O)N2CCCc3cc(CN4CCOCC4=O)c(C=O)nc32)ncc1C#N. The van der Waals surface area contributed by atoms with Crippen LogP contribution in [0.1, 0.15) is 46.4 Å². The first-order chi connectivity index (χ1) is 18.0. The number of aryl methyl sites for hydroxylation is 1. The number of hydrogen-bond donors (Lipinski definition) is 2. The number of nitriles is 1. The number of carbonyl (C=O) groups is 3. The molecule has 2 aliphatic rings. The monoisotopic (exact) mass is 501 g/mol. The molecule has 1 fully saturated rings. The number of urea groups is 1. The minimum absolute atomic E-state index is 0.0221. The predicted octanol–water partition coefficient (Wildman–Crippen LogP) is 2.33.